The molecule has 2 saturated heterocycles. The summed E-state index contributed by atoms with van der Waals surface area (Å²) < 4.78 is 0. The first kappa shape index (κ1) is 25.6. The van der Waals surface area contributed by atoms with Crippen molar-refractivity contribution in [1.82, 2.24) is 19.6 Å². The predicted molar refractivity (Wildman–Crippen MR) is 148 cm³/mol. The summed E-state index contributed by atoms with van der Waals surface area (Å²) in [6.07, 6.45) is 0. The van der Waals surface area contributed by atoms with E-state index in [1.54, 1.807) is 11.8 Å². The number of hydrogen-bond donors (Lipinski definition) is 1. The summed E-state index contributed by atoms with van der Waals surface area (Å²) in [5.74, 6) is 0.520. The van der Waals surface area contributed by atoms with Gasteiger partial charge in [-0.1, -0.05) is 72.4 Å². The van der Waals surface area contributed by atoms with Gasteiger partial charge in [0.15, 0.2) is 10.3 Å². The lowest BCUT2D eigenvalue weighted by Crippen LogP contribution is -2.49. The second-order valence-corrected chi connectivity index (χ2v) is 10.3. The van der Waals surface area contributed by atoms with Crippen LogP contribution in [0.2, 0.25) is 0 Å². The van der Waals surface area contributed by atoms with Gasteiger partial charge in [0.2, 0.25) is 0 Å². The quantitative estimate of drug-likeness (QED) is 0.630. The first-order chi connectivity index (χ1) is 17.1. The predicted octanol–water partition coefficient (Wildman–Crippen LogP) is 2.48. The van der Waals surface area contributed by atoms with Gasteiger partial charge in [-0.25, -0.2) is 0 Å². The van der Waals surface area contributed by atoms with Crippen LogP contribution in [0.5, 0.6) is 0 Å². The molecule has 0 atom stereocenters. The molecule has 2 aromatic carbocycles. The van der Waals surface area contributed by atoms with Crippen molar-refractivity contribution < 1.29 is 4.79 Å². The number of piperazine rings is 2. The zero-order chi connectivity index (χ0) is 24.5. The molecule has 0 radical (unpaired) electrons. The highest BCUT2D eigenvalue weighted by molar-refractivity contribution is 8.14. The van der Waals surface area contributed by atoms with Crippen LogP contribution in [0.3, 0.4) is 0 Å². The average molecular weight is 511 g/mol. The van der Waals surface area contributed by atoms with Crippen LogP contribution >= 0.6 is 24.0 Å². The number of carbonyl (C=O) groups is 1. The fraction of sp³-hybridized carbons (Fsp3) is 0.423. The molecule has 0 saturated carbocycles. The summed E-state index contributed by atoms with van der Waals surface area (Å²) >= 11 is 6.54. The van der Waals surface area contributed by atoms with Crippen molar-refractivity contribution in [1.29, 1.82) is 0 Å². The van der Waals surface area contributed by atoms with Gasteiger partial charge in [-0.2, -0.15) is 4.99 Å². The van der Waals surface area contributed by atoms with Gasteiger partial charge in [0.05, 0.1) is 5.75 Å². The maximum atomic E-state index is 11.2. The molecular weight excluding hydrogens is 476 g/mol. The Balaban J connectivity index is 0.000000168. The summed E-state index contributed by atoms with van der Waals surface area (Å²) in [5.41, 5.74) is 8.33. The number of benzene rings is 2. The number of amides is 1. The zero-order valence-electron chi connectivity index (χ0n) is 20.1. The number of thioether (sulfide) groups is 1. The Bertz CT molecular complexity index is 987. The number of hydrogen-bond acceptors (Lipinski definition) is 6. The van der Waals surface area contributed by atoms with Crippen molar-refractivity contribution in [2.24, 2.45) is 10.7 Å². The van der Waals surface area contributed by atoms with Crippen molar-refractivity contribution in [3.63, 3.8) is 0 Å². The van der Waals surface area contributed by atoms with E-state index < -0.39 is 0 Å². The SMILES string of the molecule is NC(=S)N1CCN(Cc2ccccc2)CC1.O=C1CSC(N2CCN(Cc3ccccc3)CC2)=N1. The molecule has 35 heavy (non-hydrogen) atoms. The maximum absolute atomic E-state index is 11.2. The topological polar surface area (TPSA) is 68.4 Å². The Morgan fingerprint density at radius 1 is 0.800 bits per heavy atom. The zero-order valence-corrected chi connectivity index (χ0v) is 21.7. The van der Waals surface area contributed by atoms with Crippen LogP contribution in [0.4, 0.5) is 0 Å². The van der Waals surface area contributed by atoms with Crippen LogP contribution in [0, 0.1) is 0 Å². The second kappa shape index (κ2) is 13.0. The molecule has 1 amide bonds. The first-order valence-electron chi connectivity index (χ1n) is 12.1. The summed E-state index contributed by atoms with van der Waals surface area (Å²) in [6, 6.07) is 21.1. The molecule has 3 heterocycles. The third-order valence-corrected chi connectivity index (χ3v) is 7.63. The van der Waals surface area contributed by atoms with Gasteiger partial charge >= 0.3 is 0 Å². The van der Waals surface area contributed by atoms with Crippen LogP contribution in [0.1, 0.15) is 11.1 Å². The minimum absolute atomic E-state index is 0.00622. The number of nitrogens with zero attached hydrogens (tertiary/aromatic N) is 5. The lowest BCUT2D eigenvalue weighted by atomic mass is 10.2. The molecule has 0 unspecified atom stereocenters. The molecule has 3 aliphatic rings. The first-order valence-corrected chi connectivity index (χ1v) is 13.5. The van der Waals surface area contributed by atoms with Gasteiger partial charge in [0.1, 0.15) is 0 Å². The molecule has 3 aliphatic heterocycles. The lowest BCUT2D eigenvalue weighted by molar-refractivity contribution is -0.115. The van der Waals surface area contributed by atoms with Gasteiger partial charge in [-0.05, 0) is 23.3 Å². The molecule has 0 spiro atoms. The van der Waals surface area contributed by atoms with E-state index >= 15 is 0 Å². The summed E-state index contributed by atoms with van der Waals surface area (Å²) in [5, 5.41) is 1.45. The molecule has 5 rings (SSSR count). The third kappa shape index (κ3) is 8.03. The Morgan fingerprint density at radius 3 is 1.71 bits per heavy atom. The number of rotatable bonds is 4. The molecule has 2 fully saturated rings. The van der Waals surface area contributed by atoms with E-state index in [2.05, 4.69) is 73.1 Å². The fourth-order valence-electron chi connectivity index (χ4n) is 4.37. The van der Waals surface area contributed by atoms with E-state index in [1.807, 2.05) is 12.1 Å². The Kier molecular flexibility index (Phi) is 9.53. The van der Waals surface area contributed by atoms with Gasteiger partial charge in [-0.3, -0.25) is 14.6 Å². The third-order valence-electron chi connectivity index (χ3n) is 6.37. The fourth-order valence-corrected chi connectivity index (χ4v) is 5.40. The van der Waals surface area contributed by atoms with E-state index in [-0.39, 0.29) is 5.91 Å². The number of thiocarbonyl (C=S) groups is 1. The minimum Gasteiger partial charge on any atom is -0.376 e. The minimum atomic E-state index is 0.00622. The normalized spacial score (nSPS) is 19.2. The molecule has 0 aliphatic carbocycles. The van der Waals surface area contributed by atoms with E-state index in [0.29, 0.717) is 10.9 Å². The smallest absolute Gasteiger partial charge is 0.258 e. The van der Waals surface area contributed by atoms with Crippen molar-refractivity contribution in [2.75, 3.05) is 58.1 Å². The Labute approximate surface area is 218 Å². The summed E-state index contributed by atoms with van der Waals surface area (Å²) in [6.45, 7) is 9.98. The van der Waals surface area contributed by atoms with E-state index in [4.69, 9.17) is 18.0 Å². The van der Waals surface area contributed by atoms with E-state index in [0.717, 1.165) is 70.6 Å². The monoisotopic (exact) mass is 510 g/mol. The van der Waals surface area contributed by atoms with Gasteiger partial charge in [0.25, 0.3) is 5.91 Å². The van der Waals surface area contributed by atoms with Crippen molar-refractivity contribution in [3.05, 3.63) is 71.8 Å². The van der Waals surface area contributed by atoms with Gasteiger partial charge in [0, 0.05) is 65.4 Å². The lowest BCUT2D eigenvalue weighted by Gasteiger charge is -2.35. The number of carbonyl (C=O) groups excluding carboxylic acids is 1. The van der Waals surface area contributed by atoms with Crippen LogP contribution in [-0.4, -0.2) is 93.9 Å². The molecule has 186 valence electrons. The largest absolute Gasteiger partial charge is 0.376 e. The standard InChI is InChI=1S/C14H17N3OS.C12H17N3S/c18-13-11-19-14(15-13)17-8-6-16(7-9-17)10-12-4-2-1-3-5-12;13-12(16)15-8-6-14(7-9-15)10-11-4-2-1-3-5-11/h1-5H,6-11H2;1-5H,6-10H2,(H2,13,16). The summed E-state index contributed by atoms with van der Waals surface area (Å²) in [4.78, 5) is 24.4. The van der Waals surface area contributed by atoms with E-state index in [9.17, 15) is 4.79 Å². The van der Waals surface area contributed by atoms with Gasteiger partial charge in [-0.15, -0.1) is 0 Å². The highest BCUT2D eigenvalue weighted by Crippen LogP contribution is 2.18. The Hall–Kier alpha value is -2.46. The summed E-state index contributed by atoms with van der Waals surface area (Å²) in [7, 11) is 0. The molecule has 0 aromatic heterocycles. The van der Waals surface area contributed by atoms with E-state index in [1.165, 1.54) is 11.1 Å². The number of amidine groups is 1. The highest BCUT2D eigenvalue weighted by atomic mass is 32.2. The molecule has 2 aromatic rings. The van der Waals surface area contributed by atoms with Crippen LogP contribution in [-0.2, 0) is 17.9 Å². The Morgan fingerprint density at radius 2 is 1.29 bits per heavy atom. The number of nitrogens with two attached hydrogens (primary N) is 1. The highest BCUT2D eigenvalue weighted by Gasteiger charge is 2.24. The average Bonchev–Trinajstić information content (AvgIpc) is 3.33. The molecular formula is C26H34N6OS2. The van der Waals surface area contributed by atoms with Crippen molar-refractivity contribution >= 4 is 40.2 Å². The molecule has 9 heteroatoms. The molecule has 2 N–H and O–H groups in total. The molecule has 0 bridgehead atoms. The van der Waals surface area contributed by atoms with Crippen LogP contribution in [0.15, 0.2) is 65.7 Å². The van der Waals surface area contributed by atoms with Crippen molar-refractivity contribution in [2.45, 2.75) is 13.1 Å². The van der Waals surface area contributed by atoms with Crippen LogP contribution < -0.4 is 5.73 Å². The number of aliphatic imine (C=N–C) groups is 1. The molecule has 7 nitrogen and oxygen atoms in total. The second-order valence-electron chi connectivity index (χ2n) is 8.91. The van der Waals surface area contributed by atoms with Crippen molar-refractivity contribution in [3.8, 4) is 0 Å². The van der Waals surface area contributed by atoms with Gasteiger partial charge < -0.3 is 15.5 Å². The maximum Gasteiger partial charge on any atom is 0.258 e. The van der Waals surface area contributed by atoms with Crippen LogP contribution in [0.25, 0.3) is 0 Å².